The monoisotopic (exact) mass is 238 g/mol. The molecule has 1 aliphatic carbocycles. The molecule has 0 aliphatic heterocycles. The summed E-state index contributed by atoms with van der Waals surface area (Å²) in [6, 6.07) is 0.505. The van der Waals surface area contributed by atoms with Crippen molar-refractivity contribution >= 4 is 5.95 Å². The van der Waals surface area contributed by atoms with Crippen molar-refractivity contribution < 1.29 is 4.52 Å². The minimum atomic E-state index is 0.505. The first kappa shape index (κ1) is 12.4. The van der Waals surface area contributed by atoms with Crippen LogP contribution in [-0.2, 0) is 6.42 Å². The van der Waals surface area contributed by atoms with Crippen molar-refractivity contribution in [2.45, 2.75) is 38.6 Å². The summed E-state index contributed by atoms with van der Waals surface area (Å²) in [6.45, 7) is 3.25. The fourth-order valence-electron chi connectivity index (χ4n) is 1.93. The largest absolute Gasteiger partial charge is 0.344 e. The molecule has 2 rings (SSSR count). The van der Waals surface area contributed by atoms with Gasteiger partial charge in [-0.3, -0.25) is 0 Å². The fourth-order valence-corrected chi connectivity index (χ4v) is 1.93. The first-order valence-electron chi connectivity index (χ1n) is 6.44. The van der Waals surface area contributed by atoms with E-state index in [1.54, 1.807) is 0 Å². The van der Waals surface area contributed by atoms with E-state index >= 15 is 0 Å². The Morgan fingerprint density at radius 3 is 2.76 bits per heavy atom. The minimum Gasteiger partial charge on any atom is -0.344 e. The van der Waals surface area contributed by atoms with Gasteiger partial charge in [-0.1, -0.05) is 6.92 Å². The lowest BCUT2D eigenvalue weighted by Crippen LogP contribution is -2.33. The molecule has 1 unspecified atom stereocenters. The summed E-state index contributed by atoms with van der Waals surface area (Å²) in [5, 5.41) is 7.52. The smallest absolute Gasteiger partial charge is 0.265 e. The average Bonchev–Trinajstić information content (AvgIpc) is 3.04. The molecule has 1 fully saturated rings. The first-order valence-corrected chi connectivity index (χ1v) is 6.44. The highest BCUT2D eigenvalue weighted by atomic mass is 16.5. The lowest BCUT2D eigenvalue weighted by Gasteiger charge is -2.15. The number of nitrogens with one attached hydrogen (secondary N) is 1. The Balaban J connectivity index is 1.91. The molecule has 1 atom stereocenters. The third kappa shape index (κ3) is 3.43. The molecule has 0 bridgehead atoms. The molecule has 1 aromatic rings. The summed E-state index contributed by atoms with van der Waals surface area (Å²) in [5.74, 6) is 2.20. The Kier molecular flexibility index (Phi) is 3.99. The maximum Gasteiger partial charge on any atom is 0.265 e. The molecule has 5 nitrogen and oxygen atoms in total. The van der Waals surface area contributed by atoms with Crippen LogP contribution >= 0.6 is 0 Å². The molecule has 1 aliphatic rings. The zero-order valence-corrected chi connectivity index (χ0v) is 10.9. The second-order valence-electron chi connectivity index (χ2n) is 4.98. The van der Waals surface area contributed by atoms with Crippen molar-refractivity contribution in [2.75, 3.05) is 25.5 Å². The van der Waals surface area contributed by atoms with Gasteiger partial charge in [-0.2, -0.15) is 4.98 Å². The summed E-state index contributed by atoms with van der Waals surface area (Å²) in [5.41, 5.74) is 0. The second-order valence-corrected chi connectivity index (χ2v) is 4.98. The molecule has 0 saturated heterocycles. The van der Waals surface area contributed by atoms with E-state index in [2.05, 4.69) is 22.4 Å². The molecule has 1 saturated carbocycles. The SMILES string of the molecule is CCCNC(Cc1nc(N(C)C)no1)C1CC1. The van der Waals surface area contributed by atoms with Gasteiger partial charge < -0.3 is 14.7 Å². The molecule has 1 heterocycles. The van der Waals surface area contributed by atoms with Crippen LogP contribution in [0.4, 0.5) is 5.95 Å². The maximum atomic E-state index is 5.27. The van der Waals surface area contributed by atoms with Gasteiger partial charge in [0.25, 0.3) is 5.95 Å². The zero-order valence-electron chi connectivity index (χ0n) is 10.9. The standard InChI is InChI=1S/C12H22N4O/c1-4-7-13-10(9-5-6-9)8-11-14-12(15-17-11)16(2)3/h9-10,13H,4-8H2,1-3H3. The van der Waals surface area contributed by atoms with Crippen LogP contribution in [0.3, 0.4) is 0 Å². The molecule has 0 amide bonds. The number of rotatable bonds is 7. The minimum absolute atomic E-state index is 0.505. The number of anilines is 1. The fraction of sp³-hybridized carbons (Fsp3) is 0.833. The number of hydrogen-bond donors (Lipinski definition) is 1. The first-order chi connectivity index (χ1) is 8.20. The van der Waals surface area contributed by atoms with Crippen LogP contribution in [0.1, 0.15) is 32.1 Å². The van der Waals surface area contributed by atoms with Gasteiger partial charge in [0.1, 0.15) is 0 Å². The molecule has 0 aromatic carbocycles. The molecule has 0 radical (unpaired) electrons. The van der Waals surface area contributed by atoms with Gasteiger partial charge in [-0.25, -0.2) is 0 Å². The van der Waals surface area contributed by atoms with Crippen molar-refractivity contribution in [2.24, 2.45) is 5.92 Å². The van der Waals surface area contributed by atoms with Gasteiger partial charge in [0.05, 0.1) is 0 Å². The van der Waals surface area contributed by atoms with Crippen molar-refractivity contribution in [3.05, 3.63) is 5.89 Å². The molecular formula is C12H22N4O. The van der Waals surface area contributed by atoms with Crippen LogP contribution in [-0.4, -0.2) is 36.8 Å². The van der Waals surface area contributed by atoms with Gasteiger partial charge in [-0.15, -0.1) is 0 Å². The van der Waals surface area contributed by atoms with Gasteiger partial charge >= 0.3 is 0 Å². The zero-order chi connectivity index (χ0) is 12.3. The van der Waals surface area contributed by atoms with E-state index in [0.29, 0.717) is 12.0 Å². The number of nitrogens with zero attached hydrogens (tertiary/aromatic N) is 3. The molecular weight excluding hydrogens is 216 g/mol. The van der Waals surface area contributed by atoms with Gasteiger partial charge in [-0.05, 0) is 36.9 Å². The predicted octanol–water partition coefficient (Wildman–Crippen LogP) is 1.46. The highest BCUT2D eigenvalue weighted by Crippen LogP contribution is 2.34. The van der Waals surface area contributed by atoms with Crippen molar-refractivity contribution in [1.82, 2.24) is 15.5 Å². The molecule has 1 N–H and O–H groups in total. The molecule has 0 spiro atoms. The quantitative estimate of drug-likeness (QED) is 0.779. The van der Waals surface area contributed by atoms with Gasteiger partial charge in [0.15, 0.2) is 0 Å². The summed E-state index contributed by atoms with van der Waals surface area (Å²) in [4.78, 5) is 6.24. The number of aromatic nitrogens is 2. The maximum absolute atomic E-state index is 5.27. The van der Waals surface area contributed by atoms with E-state index < -0.39 is 0 Å². The van der Waals surface area contributed by atoms with Crippen LogP contribution in [0.25, 0.3) is 0 Å². The Labute approximate surface area is 103 Å². The van der Waals surface area contributed by atoms with Crippen LogP contribution in [0.5, 0.6) is 0 Å². The van der Waals surface area contributed by atoms with Crippen molar-refractivity contribution in [3.63, 3.8) is 0 Å². The Hall–Kier alpha value is -1.10. The third-order valence-corrected chi connectivity index (χ3v) is 3.10. The van der Waals surface area contributed by atoms with Crippen molar-refractivity contribution in [1.29, 1.82) is 0 Å². The average molecular weight is 238 g/mol. The van der Waals surface area contributed by atoms with Crippen molar-refractivity contribution in [3.8, 4) is 0 Å². The molecule has 1 aromatic heterocycles. The normalized spacial score (nSPS) is 17.1. The van der Waals surface area contributed by atoms with Crippen LogP contribution in [0.15, 0.2) is 4.52 Å². The van der Waals surface area contributed by atoms with E-state index in [-0.39, 0.29) is 0 Å². The van der Waals surface area contributed by atoms with Crippen LogP contribution in [0.2, 0.25) is 0 Å². The Morgan fingerprint density at radius 2 is 2.24 bits per heavy atom. The van der Waals surface area contributed by atoms with E-state index in [0.717, 1.165) is 31.2 Å². The number of hydrogen-bond acceptors (Lipinski definition) is 5. The highest BCUT2D eigenvalue weighted by Gasteiger charge is 2.32. The van der Waals surface area contributed by atoms with E-state index in [1.807, 2.05) is 19.0 Å². The Bertz CT molecular complexity index is 346. The van der Waals surface area contributed by atoms with Gasteiger partial charge in [0.2, 0.25) is 5.89 Å². The summed E-state index contributed by atoms with van der Waals surface area (Å²) in [6.07, 6.45) is 4.67. The molecule has 96 valence electrons. The lowest BCUT2D eigenvalue weighted by atomic mass is 10.1. The van der Waals surface area contributed by atoms with Crippen LogP contribution < -0.4 is 10.2 Å². The lowest BCUT2D eigenvalue weighted by molar-refractivity contribution is 0.345. The highest BCUT2D eigenvalue weighted by molar-refractivity contribution is 5.23. The third-order valence-electron chi connectivity index (χ3n) is 3.10. The topological polar surface area (TPSA) is 54.2 Å². The van der Waals surface area contributed by atoms with E-state index in [4.69, 9.17) is 4.52 Å². The summed E-state index contributed by atoms with van der Waals surface area (Å²) < 4.78 is 5.27. The predicted molar refractivity (Wildman–Crippen MR) is 67.1 cm³/mol. The van der Waals surface area contributed by atoms with Crippen LogP contribution in [0, 0.1) is 5.92 Å². The van der Waals surface area contributed by atoms with E-state index in [1.165, 1.54) is 12.8 Å². The molecule has 17 heavy (non-hydrogen) atoms. The second kappa shape index (κ2) is 5.49. The summed E-state index contributed by atoms with van der Waals surface area (Å²) in [7, 11) is 3.84. The van der Waals surface area contributed by atoms with E-state index in [9.17, 15) is 0 Å². The Morgan fingerprint density at radius 1 is 1.47 bits per heavy atom. The molecule has 5 heteroatoms. The summed E-state index contributed by atoms with van der Waals surface area (Å²) >= 11 is 0. The van der Waals surface area contributed by atoms with Gasteiger partial charge in [0, 0.05) is 26.6 Å².